The van der Waals surface area contributed by atoms with Gasteiger partial charge in [0.2, 0.25) is 10.0 Å². The topological polar surface area (TPSA) is 70.7 Å². The Labute approximate surface area is 126 Å². The molecule has 0 radical (unpaired) electrons. The maximum atomic E-state index is 12.2. The van der Waals surface area contributed by atoms with Crippen LogP contribution in [0.4, 0.5) is 5.69 Å². The molecule has 1 aliphatic heterocycles. The molecule has 0 aliphatic carbocycles. The quantitative estimate of drug-likeness (QED) is 0.777. The van der Waals surface area contributed by atoms with Gasteiger partial charge >= 0.3 is 0 Å². The minimum atomic E-state index is -3.37. The standard InChI is InChI=1S/C14H23N3O3S/c1-2-20-14-6-4-3-5-13(14)16-21(18,19)12-11-17-9-7-15-8-10-17/h3-6,15-16H,2,7-12H2,1H3. The van der Waals surface area contributed by atoms with Crippen molar-refractivity contribution in [2.24, 2.45) is 0 Å². The van der Waals surface area contributed by atoms with Crippen LogP contribution in [0.15, 0.2) is 24.3 Å². The summed E-state index contributed by atoms with van der Waals surface area (Å²) in [6.07, 6.45) is 0. The normalized spacial score (nSPS) is 16.6. The Hall–Kier alpha value is -1.31. The van der Waals surface area contributed by atoms with Crippen LogP contribution in [0.5, 0.6) is 5.75 Å². The molecule has 1 aliphatic rings. The maximum absolute atomic E-state index is 12.2. The van der Waals surface area contributed by atoms with Gasteiger partial charge in [0.25, 0.3) is 0 Å². The first-order chi connectivity index (χ1) is 10.1. The number of anilines is 1. The molecule has 0 spiro atoms. The highest BCUT2D eigenvalue weighted by Crippen LogP contribution is 2.24. The van der Waals surface area contributed by atoms with Gasteiger partial charge in [-0.15, -0.1) is 0 Å². The van der Waals surface area contributed by atoms with Crippen LogP contribution in [0.1, 0.15) is 6.92 Å². The molecule has 2 N–H and O–H groups in total. The summed E-state index contributed by atoms with van der Waals surface area (Å²) in [5, 5.41) is 3.25. The van der Waals surface area contributed by atoms with E-state index in [1.54, 1.807) is 18.2 Å². The first kappa shape index (κ1) is 16.1. The Morgan fingerprint density at radius 2 is 2.00 bits per heavy atom. The van der Waals surface area contributed by atoms with Crippen LogP contribution < -0.4 is 14.8 Å². The zero-order valence-corrected chi connectivity index (χ0v) is 13.2. The summed E-state index contributed by atoms with van der Waals surface area (Å²) in [5.41, 5.74) is 0.500. The second kappa shape index (κ2) is 7.63. The van der Waals surface area contributed by atoms with Gasteiger partial charge < -0.3 is 10.1 Å². The monoisotopic (exact) mass is 313 g/mol. The molecule has 0 atom stereocenters. The number of rotatable bonds is 7. The summed E-state index contributed by atoms with van der Waals surface area (Å²) >= 11 is 0. The number of hydrogen-bond donors (Lipinski definition) is 2. The van der Waals surface area contributed by atoms with E-state index in [0.717, 1.165) is 26.2 Å². The van der Waals surface area contributed by atoms with E-state index in [1.165, 1.54) is 0 Å². The van der Waals surface area contributed by atoms with E-state index < -0.39 is 10.0 Å². The van der Waals surface area contributed by atoms with Crippen molar-refractivity contribution in [1.29, 1.82) is 0 Å². The lowest BCUT2D eigenvalue weighted by molar-refractivity contribution is 0.254. The molecule has 118 valence electrons. The highest BCUT2D eigenvalue weighted by Gasteiger charge is 2.17. The van der Waals surface area contributed by atoms with Crippen LogP contribution in [0.3, 0.4) is 0 Å². The van der Waals surface area contributed by atoms with E-state index in [1.807, 2.05) is 13.0 Å². The Kier molecular flexibility index (Phi) is 5.84. The molecular formula is C14H23N3O3S. The highest BCUT2D eigenvalue weighted by atomic mass is 32.2. The summed E-state index contributed by atoms with van der Waals surface area (Å²) in [6.45, 7) is 6.54. The number of ether oxygens (including phenoxy) is 1. The third-order valence-electron chi connectivity index (χ3n) is 3.34. The Balaban J connectivity index is 1.93. The molecule has 1 aromatic rings. The van der Waals surface area contributed by atoms with E-state index in [-0.39, 0.29) is 5.75 Å². The van der Waals surface area contributed by atoms with Crippen LogP contribution >= 0.6 is 0 Å². The fourth-order valence-electron chi connectivity index (χ4n) is 2.23. The molecular weight excluding hydrogens is 290 g/mol. The molecule has 1 aromatic carbocycles. The van der Waals surface area contributed by atoms with Gasteiger partial charge in [0.05, 0.1) is 18.0 Å². The molecule has 0 saturated carbocycles. The SMILES string of the molecule is CCOc1ccccc1NS(=O)(=O)CCN1CCNCC1. The average molecular weight is 313 g/mol. The number of piperazine rings is 1. The minimum Gasteiger partial charge on any atom is -0.492 e. The van der Waals surface area contributed by atoms with Crippen molar-refractivity contribution in [2.45, 2.75) is 6.92 Å². The van der Waals surface area contributed by atoms with E-state index >= 15 is 0 Å². The van der Waals surface area contributed by atoms with E-state index in [2.05, 4.69) is 14.9 Å². The first-order valence-corrected chi connectivity index (χ1v) is 8.91. The molecule has 21 heavy (non-hydrogen) atoms. The number of para-hydroxylation sites is 2. The van der Waals surface area contributed by atoms with Crippen molar-refractivity contribution in [2.75, 3.05) is 49.8 Å². The van der Waals surface area contributed by atoms with Gasteiger partial charge in [0.1, 0.15) is 5.75 Å². The smallest absolute Gasteiger partial charge is 0.234 e. The molecule has 0 unspecified atom stereocenters. The van der Waals surface area contributed by atoms with Crippen molar-refractivity contribution in [3.63, 3.8) is 0 Å². The lowest BCUT2D eigenvalue weighted by atomic mass is 10.3. The van der Waals surface area contributed by atoms with Crippen LogP contribution in [0, 0.1) is 0 Å². The van der Waals surface area contributed by atoms with Gasteiger partial charge in [0, 0.05) is 32.7 Å². The van der Waals surface area contributed by atoms with Gasteiger partial charge in [-0.1, -0.05) is 12.1 Å². The van der Waals surface area contributed by atoms with Gasteiger partial charge in [-0.3, -0.25) is 9.62 Å². The number of nitrogens with zero attached hydrogens (tertiary/aromatic N) is 1. The highest BCUT2D eigenvalue weighted by molar-refractivity contribution is 7.92. The fourth-order valence-corrected chi connectivity index (χ4v) is 3.34. The third-order valence-corrected chi connectivity index (χ3v) is 4.59. The van der Waals surface area contributed by atoms with Gasteiger partial charge in [0.15, 0.2) is 0 Å². The lowest BCUT2D eigenvalue weighted by Crippen LogP contribution is -2.45. The molecule has 1 heterocycles. The molecule has 6 nitrogen and oxygen atoms in total. The predicted molar refractivity (Wildman–Crippen MR) is 84.3 cm³/mol. The summed E-state index contributed by atoms with van der Waals surface area (Å²) < 4.78 is 32.4. The fraction of sp³-hybridized carbons (Fsp3) is 0.571. The zero-order valence-electron chi connectivity index (χ0n) is 12.3. The molecule has 1 fully saturated rings. The van der Waals surface area contributed by atoms with Crippen LogP contribution in [0.25, 0.3) is 0 Å². The summed E-state index contributed by atoms with van der Waals surface area (Å²) in [5.74, 6) is 0.652. The second-order valence-corrected chi connectivity index (χ2v) is 6.78. The molecule has 0 aromatic heterocycles. The number of nitrogens with one attached hydrogen (secondary N) is 2. The Bertz CT molecular complexity index is 542. The third kappa shape index (κ3) is 5.18. The summed E-state index contributed by atoms with van der Waals surface area (Å²) in [4.78, 5) is 2.16. The van der Waals surface area contributed by atoms with Crippen LogP contribution in [-0.2, 0) is 10.0 Å². The second-order valence-electron chi connectivity index (χ2n) is 4.94. The van der Waals surface area contributed by atoms with Crippen molar-refractivity contribution in [3.05, 3.63) is 24.3 Å². The van der Waals surface area contributed by atoms with Crippen molar-refractivity contribution >= 4 is 15.7 Å². The van der Waals surface area contributed by atoms with E-state index in [0.29, 0.717) is 24.6 Å². The van der Waals surface area contributed by atoms with E-state index in [9.17, 15) is 8.42 Å². The molecule has 0 bridgehead atoms. The van der Waals surface area contributed by atoms with Crippen molar-refractivity contribution in [3.8, 4) is 5.75 Å². The summed E-state index contributed by atoms with van der Waals surface area (Å²) in [6, 6.07) is 7.09. The summed E-state index contributed by atoms with van der Waals surface area (Å²) in [7, 11) is -3.37. The first-order valence-electron chi connectivity index (χ1n) is 7.26. The molecule has 0 amide bonds. The van der Waals surface area contributed by atoms with Gasteiger partial charge in [-0.05, 0) is 19.1 Å². The largest absolute Gasteiger partial charge is 0.492 e. The lowest BCUT2D eigenvalue weighted by Gasteiger charge is -2.27. The Morgan fingerprint density at radius 1 is 1.29 bits per heavy atom. The minimum absolute atomic E-state index is 0.0907. The van der Waals surface area contributed by atoms with E-state index in [4.69, 9.17) is 4.74 Å². The number of hydrogen-bond acceptors (Lipinski definition) is 5. The van der Waals surface area contributed by atoms with Gasteiger partial charge in [-0.2, -0.15) is 0 Å². The molecule has 1 saturated heterocycles. The van der Waals surface area contributed by atoms with Crippen LogP contribution in [0.2, 0.25) is 0 Å². The predicted octanol–water partition coefficient (Wildman–Crippen LogP) is 0.732. The molecule has 7 heteroatoms. The van der Waals surface area contributed by atoms with Crippen molar-refractivity contribution in [1.82, 2.24) is 10.2 Å². The Morgan fingerprint density at radius 3 is 2.71 bits per heavy atom. The molecule has 2 rings (SSSR count). The number of benzene rings is 1. The van der Waals surface area contributed by atoms with Crippen LogP contribution in [-0.4, -0.2) is 58.4 Å². The van der Waals surface area contributed by atoms with Gasteiger partial charge in [-0.25, -0.2) is 8.42 Å². The zero-order chi connectivity index (χ0) is 15.1. The number of sulfonamides is 1. The maximum Gasteiger partial charge on any atom is 0.234 e. The van der Waals surface area contributed by atoms with Crippen molar-refractivity contribution < 1.29 is 13.2 Å². The average Bonchev–Trinajstić information content (AvgIpc) is 2.48.